The summed E-state index contributed by atoms with van der Waals surface area (Å²) in [6, 6.07) is 10.9. The van der Waals surface area contributed by atoms with Crippen LogP contribution >= 0.6 is 22.7 Å². The smallest absolute Gasteiger partial charge is 0.0592 e. The van der Waals surface area contributed by atoms with E-state index in [9.17, 15) is 0 Å². The fourth-order valence-corrected chi connectivity index (χ4v) is 3.82. The molecule has 104 valence electrons. The third kappa shape index (κ3) is 2.87. The standard InChI is InChI=1S/C16H18N2S2/c17-8-2-1-5-12-11-13(14-6-3-9-19-14)18-16(12)15-7-4-10-20-15/h3-4,6-7,9-11,18H,1-2,5,8,17H2. The summed E-state index contributed by atoms with van der Waals surface area (Å²) in [6.07, 6.45) is 3.33. The molecule has 0 spiro atoms. The van der Waals surface area contributed by atoms with Crippen molar-refractivity contribution in [3.8, 4) is 21.1 Å². The first-order chi connectivity index (χ1) is 9.88. The third-order valence-corrected chi connectivity index (χ3v) is 5.14. The molecule has 3 aromatic rings. The van der Waals surface area contributed by atoms with E-state index in [4.69, 9.17) is 5.73 Å². The SMILES string of the molecule is NCCCCc1cc(-c2cccs2)[nH]c1-c1cccs1. The number of hydrogen-bond acceptors (Lipinski definition) is 3. The van der Waals surface area contributed by atoms with Crippen molar-refractivity contribution in [2.45, 2.75) is 19.3 Å². The van der Waals surface area contributed by atoms with E-state index in [-0.39, 0.29) is 0 Å². The number of aromatic amines is 1. The molecule has 0 aliphatic heterocycles. The molecule has 2 nitrogen and oxygen atoms in total. The molecular formula is C16H18N2S2. The molecule has 3 heterocycles. The highest BCUT2D eigenvalue weighted by Gasteiger charge is 2.12. The molecule has 0 unspecified atom stereocenters. The van der Waals surface area contributed by atoms with Gasteiger partial charge in [-0.05, 0) is 60.3 Å². The van der Waals surface area contributed by atoms with Crippen LogP contribution in [0, 0.1) is 0 Å². The molecule has 0 amide bonds. The average Bonchev–Trinajstić information content (AvgIpc) is 3.20. The van der Waals surface area contributed by atoms with Crippen LogP contribution in [0.2, 0.25) is 0 Å². The summed E-state index contributed by atoms with van der Waals surface area (Å²) < 4.78 is 0. The van der Waals surface area contributed by atoms with E-state index < -0.39 is 0 Å². The Bertz CT molecular complexity index is 636. The quantitative estimate of drug-likeness (QED) is 0.634. The summed E-state index contributed by atoms with van der Waals surface area (Å²) in [4.78, 5) is 6.22. The van der Waals surface area contributed by atoms with E-state index in [0.717, 1.165) is 25.8 Å². The first-order valence-electron chi connectivity index (χ1n) is 6.88. The fourth-order valence-electron chi connectivity index (χ4n) is 2.36. The van der Waals surface area contributed by atoms with Gasteiger partial charge in [-0.3, -0.25) is 0 Å². The minimum Gasteiger partial charge on any atom is -0.353 e. The maximum atomic E-state index is 5.60. The van der Waals surface area contributed by atoms with Gasteiger partial charge in [-0.1, -0.05) is 12.1 Å². The Morgan fingerprint density at radius 3 is 2.40 bits per heavy atom. The number of nitrogens with two attached hydrogens (primary N) is 1. The van der Waals surface area contributed by atoms with Crippen LogP contribution in [0.25, 0.3) is 21.1 Å². The summed E-state index contributed by atoms with van der Waals surface area (Å²) >= 11 is 3.56. The number of H-pyrrole nitrogens is 1. The average molecular weight is 302 g/mol. The van der Waals surface area contributed by atoms with Crippen LogP contribution in [-0.2, 0) is 6.42 Å². The molecule has 0 aromatic carbocycles. The van der Waals surface area contributed by atoms with Crippen LogP contribution < -0.4 is 5.73 Å². The van der Waals surface area contributed by atoms with Crippen molar-refractivity contribution in [1.82, 2.24) is 4.98 Å². The van der Waals surface area contributed by atoms with Gasteiger partial charge in [0.1, 0.15) is 0 Å². The van der Waals surface area contributed by atoms with Crippen LogP contribution in [0.1, 0.15) is 18.4 Å². The molecule has 0 aliphatic carbocycles. The lowest BCUT2D eigenvalue weighted by Crippen LogP contribution is -1.99. The van der Waals surface area contributed by atoms with E-state index in [0.29, 0.717) is 0 Å². The van der Waals surface area contributed by atoms with Crippen LogP contribution in [0.15, 0.2) is 41.1 Å². The van der Waals surface area contributed by atoms with Gasteiger partial charge in [0.05, 0.1) is 21.1 Å². The predicted molar refractivity (Wildman–Crippen MR) is 89.4 cm³/mol. The summed E-state index contributed by atoms with van der Waals surface area (Å²) in [5.41, 5.74) is 9.52. The Morgan fingerprint density at radius 1 is 1.00 bits per heavy atom. The molecule has 3 N–H and O–H groups in total. The Hall–Kier alpha value is -1.36. The molecule has 3 aromatic heterocycles. The number of rotatable bonds is 6. The Labute approximate surface area is 127 Å². The number of nitrogens with one attached hydrogen (secondary N) is 1. The van der Waals surface area contributed by atoms with Crippen LogP contribution in [0.3, 0.4) is 0 Å². The molecule has 20 heavy (non-hydrogen) atoms. The van der Waals surface area contributed by atoms with Gasteiger partial charge in [-0.15, -0.1) is 22.7 Å². The first kappa shape index (κ1) is 13.6. The third-order valence-electron chi connectivity index (χ3n) is 3.35. The maximum absolute atomic E-state index is 5.60. The van der Waals surface area contributed by atoms with Crippen molar-refractivity contribution >= 4 is 22.7 Å². The van der Waals surface area contributed by atoms with E-state index in [1.807, 2.05) is 0 Å². The largest absolute Gasteiger partial charge is 0.353 e. The van der Waals surface area contributed by atoms with Gasteiger partial charge >= 0.3 is 0 Å². The molecule has 0 atom stereocenters. The number of aryl methyl sites for hydroxylation is 1. The van der Waals surface area contributed by atoms with Crippen LogP contribution in [0.5, 0.6) is 0 Å². The predicted octanol–water partition coefficient (Wildman–Crippen LogP) is 4.75. The Morgan fingerprint density at radius 2 is 1.75 bits per heavy atom. The molecule has 3 rings (SSSR count). The molecule has 0 aliphatic rings. The first-order valence-corrected chi connectivity index (χ1v) is 8.64. The van der Waals surface area contributed by atoms with E-state index in [2.05, 4.69) is 46.1 Å². The van der Waals surface area contributed by atoms with Gasteiger partial charge < -0.3 is 10.7 Å². The topological polar surface area (TPSA) is 41.8 Å². The van der Waals surface area contributed by atoms with E-state index in [1.165, 1.54) is 26.7 Å². The molecule has 0 radical (unpaired) electrons. The second kappa shape index (κ2) is 6.39. The van der Waals surface area contributed by atoms with Crippen molar-refractivity contribution in [3.63, 3.8) is 0 Å². The van der Waals surface area contributed by atoms with Crippen molar-refractivity contribution in [1.29, 1.82) is 0 Å². The van der Waals surface area contributed by atoms with Crippen molar-refractivity contribution in [3.05, 3.63) is 46.7 Å². The summed E-state index contributed by atoms with van der Waals surface area (Å²) in [5.74, 6) is 0. The monoisotopic (exact) mass is 302 g/mol. The number of thiophene rings is 2. The normalized spacial score (nSPS) is 11.1. The number of aromatic nitrogens is 1. The summed E-state index contributed by atoms with van der Waals surface area (Å²) in [7, 11) is 0. The molecule has 0 saturated carbocycles. The van der Waals surface area contributed by atoms with Crippen molar-refractivity contribution in [2.24, 2.45) is 5.73 Å². The van der Waals surface area contributed by atoms with Gasteiger partial charge in [0.2, 0.25) is 0 Å². The van der Waals surface area contributed by atoms with Crippen LogP contribution in [-0.4, -0.2) is 11.5 Å². The van der Waals surface area contributed by atoms with Gasteiger partial charge in [-0.25, -0.2) is 0 Å². The molecule has 0 fully saturated rings. The molecule has 0 bridgehead atoms. The molecular weight excluding hydrogens is 284 g/mol. The highest BCUT2D eigenvalue weighted by Crippen LogP contribution is 2.34. The number of unbranched alkanes of at least 4 members (excludes halogenated alkanes) is 1. The Balaban J connectivity index is 1.93. The lowest BCUT2D eigenvalue weighted by atomic mass is 10.1. The van der Waals surface area contributed by atoms with Gasteiger partial charge in [0, 0.05) is 0 Å². The van der Waals surface area contributed by atoms with Gasteiger partial charge in [0.15, 0.2) is 0 Å². The molecule has 4 heteroatoms. The van der Waals surface area contributed by atoms with Crippen LogP contribution in [0.4, 0.5) is 0 Å². The zero-order valence-corrected chi connectivity index (χ0v) is 12.9. The summed E-state index contributed by atoms with van der Waals surface area (Å²) in [6.45, 7) is 0.774. The number of hydrogen-bond donors (Lipinski definition) is 2. The van der Waals surface area contributed by atoms with Crippen molar-refractivity contribution < 1.29 is 0 Å². The maximum Gasteiger partial charge on any atom is 0.0592 e. The minimum absolute atomic E-state index is 0.774. The van der Waals surface area contributed by atoms with Gasteiger partial charge in [0.25, 0.3) is 0 Å². The molecule has 0 saturated heterocycles. The van der Waals surface area contributed by atoms with E-state index in [1.54, 1.807) is 22.7 Å². The second-order valence-electron chi connectivity index (χ2n) is 4.78. The lowest BCUT2D eigenvalue weighted by molar-refractivity contribution is 0.746. The second-order valence-corrected chi connectivity index (χ2v) is 6.68. The summed E-state index contributed by atoms with van der Waals surface area (Å²) in [5, 5.41) is 4.25. The van der Waals surface area contributed by atoms with Gasteiger partial charge in [-0.2, -0.15) is 0 Å². The highest BCUT2D eigenvalue weighted by atomic mass is 32.1. The fraction of sp³-hybridized carbons (Fsp3) is 0.250. The zero-order valence-electron chi connectivity index (χ0n) is 11.3. The van der Waals surface area contributed by atoms with Crippen molar-refractivity contribution in [2.75, 3.05) is 6.54 Å². The Kier molecular flexibility index (Phi) is 4.35. The highest BCUT2D eigenvalue weighted by molar-refractivity contribution is 7.14. The lowest BCUT2D eigenvalue weighted by Gasteiger charge is -2.01. The van der Waals surface area contributed by atoms with E-state index >= 15 is 0 Å². The minimum atomic E-state index is 0.774. The zero-order chi connectivity index (χ0) is 13.8.